The van der Waals surface area contributed by atoms with E-state index in [1.807, 2.05) is 13.8 Å². The number of ether oxygens (including phenoxy) is 1. The molecule has 0 aromatic carbocycles. The van der Waals surface area contributed by atoms with Gasteiger partial charge in [0.15, 0.2) is 0 Å². The Hall–Kier alpha value is -1.81. The standard InChI is InChI=1S/C7H16O4S.C4H10O.C2H6O2.6C2H4/c1-2-3-4-5-6-7-11-12(8,9)10;1-3-5-4-2;3-1-2-4;6*1-2/h2-7H2,1H3,(H,8,9,10);3-4H2,1-2H3;3-4H,1-2H2;6*1-2H2. The molecule has 0 bridgehead atoms. The molecule has 0 saturated carbocycles. The molecule has 0 rings (SSSR count). The van der Waals surface area contributed by atoms with Crippen LogP contribution in [0.1, 0.15) is 52.9 Å². The number of aliphatic hydroxyl groups excluding tert-OH is 2. The number of hydrogen-bond donors (Lipinski definition) is 3. The van der Waals surface area contributed by atoms with Crippen LogP contribution in [-0.4, -0.2) is 56.2 Å². The molecule has 0 aromatic heterocycles. The van der Waals surface area contributed by atoms with E-state index in [2.05, 4.69) is 90.1 Å². The normalized spacial score (nSPS) is 7.21. The van der Waals surface area contributed by atoms with Crippen LogP contribution in [-0.2, 0) is 19.3 Å². The molecule has 7 nitrogen and oxygen atoms in total. The average Bonchev–Trinajstić information content (AvgIpc) is 2.89. The fourth-order valence-electron chi connectivity index (χ4n) is 1.07. The van der Waals surface area contributed by atoms with Gasteiger partial charge in [-0.05, 0) is 20.3 Å². The zero-order valence-electron chi connectivity index (χ0n) is 21.9. The van der Waals surface area contributed by atoms with Crippen LogP contribution in [0.3, 0.4) is 0 Å². The van der Waals surface area contributed by atoms with Crippen molar-refractivity contribution in [3.8, 4) is 0 Å². The van der Waals surface area contributed by atoms with Gasteiger partial charge >= 0.3 is 10.4 Å². The topological polar surface area (TPSA) is 113 Å². The van der Waals surface area contributed by atoms with Crippen molar-refractivity contribution in [3.63, 3.8) is 0 Å². The summed E-state index contributed by atoms with van der Waals surface area (Å²) in [5.41, 5.74) is 0. The lowest BCUT2D eigenvalue weighted by atomic mass is 10.2. The van der Waals surface area contributed by atoms with E-state index in [4.69, 9.17) is 19.5 Å². The Labute approximate surface area is 207 Å². The molecular weight excluding hydrogens is 444 g/mol. The first-order valence-corrected chi connectivity index (χ1v) is 11.7. The molecule has 0 heterocycles. The lowest BCUT2D eigenvalue weighted by Gasteiger charge is -1.99. The monoisotopic (exact) mass is 500 g/mol. The maximum absolute atomic E-state index is 10.1. The van der Waals surface area contributed by atoms with Gasteiger partial charge in [0, 0.05) is 13.2 Å². The van der Waals surface area contributed by atoms with Gasteiger partial charge in [0.1, 0.15) is 0 Å². The minimum absolute atomic E-state index is 0.0859. The second-order valence-corrected chi connectivity index (χ2v) is 4.98. The predicted octanol–water partition coefficient (Wildman–Crippen LogP) is 6.60. The van der Waals surface area contributed by atoms with Gasteiger partial charge in [-0.3, -0.25) is 4.55 Å². The summed E-state index contributed by atoms with van der Waals surface area (Å²) in [6.45, 7) is 43.6. The summed E-state index contributed by atoms with van der Waals surface area (Å²) in [7, 11) is -4.22. The van der Waals surface area contributed by atoms with Crippen LogP contribution >= 0.6 is 0 Å². The first-order chi connectivity index (χ1) is 15.9. The Balaban J connectivity index is -0.0000000330. The molecule has 0 unspecified atom stereocenters. The molecule has 33 heavy (non-hydrogen) atoms. The number of rotatable bonds is 10. The number of aliphatic hydroxyl groups is 2. The van der Waals surface area contributed by atoms with Gasteiger partial charge in [-0.2, -0.15) is 8.42 Å². The van der Waals surface area contributed by atoms with Gasteiger partial charge in [0.25, 0.3) is 0 Å². The lowest BCUT2D eigenvalue weighted by Crippen LogP contribution is -2.04. The molecule has 204 valence electrons. The maximum atomic E-state index is 10.1. The summed E-state index contributed by atoms with van der Waals surface area (Å²) in [5.74, 6) is 0. The van der Waals surface area contributed by atoms with Crippen LogP contribution in [0.15, 0.2) is 78.9 Å². The average molecular weight is 501 g/mol. The maximum Gasteiger partial charge on any atom is 0.397 e. The van der Waals surface area contributed by atoms with E-state index >= 15 is 0 Å². The molecule has 0 radical (unpaired) electrons. The molecule has 0 spiro atoms. The quantitative estimate of drug-likeness (QED) is 0.176. The SMILES string of the molecule is C=C.C=C.C=C.C=C.C=C.C=C.CCCCCCCOS(=O)(=O)O.CCOCC.OCCO. The second kappa shape index (κ2) is 98.1. The fourth-order valence-corrected chi connectivity index (χ4v) is 1.40. The van der Waals surface area contributed by atoms with E-state index in [9.17, 15) is 8.42 Å². The highest BCUT2D eigenvalue weighted by Gasteiger charge is 2.02. The van der Waals surface area contributed by atoms with Gasteiger partial charge < -0.3 is 14.9 Å². The summed E-state index contributed by atoms with van der Waals surface area (Å²) in [6.07, 6.45) is 5.03. The van der Waals surface area contributed by atoms with Crippen LogP contribution in [0.25, 0.3) is 0 Å². The molecule has 0 atom stereocenters. The smallest absolute Gasteiger partial charge is 0.394 e. The third-order valence-electron chi connectivity index (χ3n) is 1.99. The Kier molecular flexibility index (Phi) is 172. The van der Waals surface area contributed by atoms with Crippen molar-refractivity contribution in [2.45, 2.75) is 52.9 Å². The minimum atomic E-state index is -4.22. The van der Waals surface area contributed by atoms with Crippen molar-refractivity contribution in [1.82, 2.24) is 0 Å². The van der Waals surface area contributed by atoms with E-state index < -0.39 is 10.4 Å². The van der Waals surface area contributed by atoms with Gasteiger partial charge in [-0.15, -0.1) is 78.9 Å². The fraction of sp³-hybridized carbons (Fsp3) is 0.520. The van der Waals surface area contributed by atoms with Gasteiger partial charge in [0.05, 0.1) is 19.8 Å². The van der Waals surface area contributed by atoms with E-state index in [0.29, 0.717) is 6.42 Å². The van der Waals surface area contributed by atoms with Crippen molar-refractivity contribution < 1.29 is 32.1 Å². The molecule has 3 N–H and O–H groups in total. The predicted molar refractivity (Wildman–Crippen MR) is 150 cm³/mol. The van der Waals surface area contributed by atoms with Gasteiger partial charge in [-0.25, -0.2) is 4.18 Å². The molecular formula is C25H56O7S. The van der Waals surface area contributed by atoms with Crippen LogP contribution in [0.5, 0.6) is 0 Å². The number of hydrogen-bond acceptors (Lipinski definition) is 6. The van der Waals surface area contributed by atoms with Crippen molar-refractivity contribution in [2.24, 2.45) is 0 Å². The molecule has 0 fully saturated rings. The van der Waals surface area contributed by atoms with E-state index in [1.165, 1.54) is 0 Å². The molecule has 0 saturated heterocycles. The van der Waals surface area contributed by atoms with E-state index in [0.717, 1.165) is 38.9 Å². The zero-order valence-corrected chi connectivity index (χ0v) is 22.8. The highest BCUT2D eigenvalue weighted by molar-refractivity contribution is 7.80. The van der Waals surface area contributed by atoms with Crippen LogP contribution in [0.4, 0.5) is 0 Å². The Bertz CT molecular complexity index is 318. The lowest BCUT2D eigenvalue weighted by molar-refractivity contribution is 0.162. The highest BCUT2D eigenvalue weighted by Crippen LogP contribution is 2.02. The largest absolute Gasteiger partial charge is 0.397 e. The summed E-state index contributed by atoms with van der Waals surface area (Å²) in [6, 6.07) is 0. The van der Waals surface area contributed by atoms with E-state index in [-0.39, 0.29) is 19.8 Å². The summed E-state index contributed by atoms with van der Waals surface area (Å²) in [5, 5.41) is 15.2. The van der Waals surface area contributed by atoms with Crippen molar-refractivity contribution in [1.29, 1.82) is 0 Å². The molecule has 8 heteroatoms. The number of unbranched alkanes of at least 4 members (excludes halogenated alkanes) is 4. The van der Waals surface area contributed by atoms with Crippen molar-refractivity contribution in [2.75, 3.05) is 33.0 Å². The van der Waals surface area contributed by atoms with Gasteiger partial charge in [-0.1, -0.05) is 32.6 Å². The highest BCUT2D eigenvalue weighted by atomic mass is 32.3. The van der Waals surface area contributed by atoms with Crippen LogP contribution < -0.4 is 0 Å². The zero-order chi connectivity index (χ0) is 29.0. The van der Waals surface area contributed by atoms with Gasteiger partial charge in [0.2, 0.25) is 0 Å². The summed E-state index contributed by atoms with van der Waals surface area (Å²) < 4.78 is 37.2. The van der Waals surface area contributed by atoms with Crippen molar-refractivity contribution >= 4 is 10.4 Å². The van der Waals surface area contributed by atoms with Crippen molar-refractivity contribution in [3.05, 3.63) is 78.9 Å². The molecule has 0 aliphatic heterocycles. The third-order valence-corrected chi connectivity index (χ3v) is 2.45. The summed E-state index contributed by atoms with van der Waals surface area (Å²) in [4.78, 5) is 0. The first-order valence-electron chi connectivity index (χ1n) is 10.3. The minimum Gasteiger partial charge on any atom is -0.394 e. The van der Waals surface area contributed by atoms with Crippen LogP contribution in [0.2, 0.25) is 0 Å². The third kappa shape index (κ3) is 231. The molecule has 0 aliphatic carbocycles. The summed E-state index contributed by atoms with van der Waals surface area (Å²) >= 11 is 0. The molecule has 0 aromatic rings. The first kappa shape index (κ1) is 57.7. The second-order valence-electron chi connectivity index (χ2n) is 3.89. The Morgan fingerprint density at radius 2 is 0.909 bits per heavy atom. The molecule has 0 aliphatic rings. The Morgan fingerprint density at radius 3 is 1.09 bits per heavy atom. The van der Waals surface area contributed by atoms with Crippen LogP contribution in [0, 0.1) is 0 Å². The Morgan fingerprint density at radius 1 is 0.606 bits per heavy atom. The molecule has 0 amide bonds. The van der Waals surface area contributed by atoms with E-state index in [1.54, 1.807) is 0 Å².